The third-order valence-corrected chi connectivity index (χ3v) is 12.5. The number of nitrogens with two attached hydrogens (primary N) is 1. The lowest BCUT2D eigenvalue weighted by Gasteiger charge is -2.56. The highest BCUT2D eigenvalue weighted by atomic mass is 32.2. The molecule has 0 aliphatic carbocycles. The van der Waals surface area contributed by atoms with Gasteiger partial charge in [0.05, 0.1) is 12.1 Å². The van der Waals surface area contributed by atoms with Gasteiger partial charge in [-0.1, -0.05) is 67.6 Å². The summed E-state index contributed by atoms with van der Waals surface area (Å²) in [6.45, 7) is 14.5. The number of nitrogens with zero attached hydrogens (tertiary/aromatic N) is 3. The summed E-state index contributed by atoms with van der Waals surface area (Å²) in [6.07, 6.45) is -4.25. The molecule has 2 aromatic carbocycles. The van der Waals surface area contributed by atoms with Gasteiger partial charge < -0.3 is 19.3 Å². The number of carbonyl (C=O) groups excluding carboxylic acids is 4. The van der Waals surface area contributed by atoms with Gasteiger partial charge in [0.2, 0.25) is 5.91 Å². The number of likely N-dealkylation sites (tertiary alicyclic amines) is 1. The quantitative estimate of drug-likeness (QED) is 0.196. The number of β-lactam (4-membered cyclic amide) rings is 1. The fraction of sp³-hybridized carbons (Fsp3) is 0.526. The van der Waals surface area contributed by atoms with Gasteiger partial charge in [0.1, 0.15) is 27.8 Å². The van der Waals surface area contributed by atoms with Gasteiger partial charge in [0, 0.05) is 17.7 Å². The summed E-state index contributed by atoms with van der Waals surface area (Å²) in [5.41, 5.74) is -0.581. The summed E-state index contributed by atoms with van der Waals surface area (Å²) < 4.78 is 42.0. The van der Waals surface area contributed by atoms with Crippen LogP contribution in [0.25, 0.3) is 0 Å². The second-order valence-corrected chi connectivity index (χ2v) is 18.9. The van der Waals surface area contributed by atoms with Crippen molar-refractivity contribution in [2.45, 2.75) is 120 Å². The van der Waals surface area contributed by atoms with E-state index in [0.29, 0.717) is 4.31 Å². The van der Waals surface area contributed by atoms with Crippen molar-refractivity contribution in [2.24, 2.45) is 11.1 Å². The van der Waals surface area contributed by atoms with Crippen LogP contribution in [0.5, 0.6) is 0 Å². The molecule has 294 valence electrons. The van der Waals surface area contributed by atoms with E-state index in [1.807, 2.05) is 67.6 Å². The lowest BCUT2D eigenvalue weighted by molar-refractivity contribution is -0.161. The van der Waals surface area contributed by atoms with Crippen LogP contribution in [0.2, 0.25) is 0 Å². The summed E-state index contributed by atoms with van der Waals surface area (Å²) in [4.78, 5) is 58.0. The molecule has 3 heterocycles. The van der Waals surface area contributed by atoms with Crippen LogP contribution in [0.1, 0.15) is 86.0 Å². The van der Waals surface area contributed by atoms with Gasteiger partial charge in [0.25, 0.3) is 0 Å². The summed E-state index contributed by atoms with van der Waals surface area (Å²) in [6, 6.07) is 16.9. The number of aliphatic hydroxyl groups is 1. The molecule has 3 aliphatic heterocycles. The van der Waals surface area contributed by atoms with Crippen LogP contribution < -0.4 is 5.14 Å². The fourth-order valence-electron chi connectivity index (χ4n) is 7.31. The number of hydrogen-bond donors (Lipinski definition) is 2. The lowest BCUT2D eigenvalue weighted by atomic mass is 9.78. The maximum atomic E-state index is 14.4. The second-order valence-electron chi connectivity index (χ2n) is 15.9. The molecule has 0 aromatic heterocycles. The maximum Gasteiger partial charge on any atom is 0.426 e. The summed E-state index contributed by atoms with van der Waals surface area (Å²) >= 11 is 1.07. The zero-order valence-corrected chi connectivity index (χ0v) is 33.6. The van der Waals surface area contributed by atoms with Crippen molar-refractivity contribution in [3.63, 3.8) is 0 Å². The smallest absolute Gasteiger partial charge is 0.426 e. The summed E-state index contributed by atoms with van der Waals surface area (Å²) in [7, 11) is -4.81. The number of ether oxygens (including phenoxy) is 3. The average molecular weight is 787 g/mol. The van der Waals surface area contributed by atoms with Gasteiger partial charge in [-0.15, -0.1) is 11.8 Å². The van der Waals surface area contributed by atoms with E-state index in [1.54, 1.807) is 54.5 Å². The maximum absolute atomic E-state index is 14.4. The van der Waals surface area contributed by atoms with Crippen LogP contribution in [0.4, 0.5) is 9.59 Å². The molecule has 2 aromatic rings. The topological polar surface area (TPSA) is 186 Å². The molecule has 0 bridgehead atoms. The first-order valence-corrected chi connectivity index (χ1v) is 20.1. The zero-order chi connectivity index (χ0) is 40.1. The Labute approximate surface area is 321 Å². The van der Waals surface area contributed by atoms with Gasteiger partial charge in [0.15, 0.2) is 6.10 Å². The first-order chi connectivity index (χ1) is 25.0. The Morgan fingerprint density at radius 2 is 1.46 bits per heavy atom. The van der Waals surface area contributed by atoms with Crippen LogP contribution in [0.3, 0.4) is 0 Å². The molecule has 2 saturated heterocycles. The number of benzene rings is 2. The number of aliphatic hydroxyl groups excluding tert-OH is 1. The first kappa shape index (κ1) is 41.1. The number of hydrogen-bond acceptors (Lipinski definition) is 11. The number of rotatable bonds is 9. The van der Waals surface area contributed by atoms with Gasteiger partial charge in [-0.05, 0) is 78.5 Å². The monoisotopic (exact) mass is 786 g/mol. The Morgan fingerprint density at radius 3 is 1.93 bits per heavy atom. The highest BCUT2D eigenvalue weighted by Crippen LogP contribution is 2.57. The Balaban J connectivity index is 1.46. The van der Waals surface area contributed by atoms with Crippen molar-refractivity contribution >= 4 is 46.0 Å². The second kappa shape index (κ2) is 14.8. The van der Waals surface area contributed by atoms with Gasteiger partial charge in [-0.2, -0.15) is 12.7 Å². The molecular weight excluding hydrogens is 737 g/mol. The van der Waals surface area contributed by atoms with Gasteiger partial charge in [-0.25, -0.2) is 19.5 Å². The molecule has 54 heavy (non-hydrogen) atoms. The standard InChI is InChI=1S/C38H50N4O10S2/c1-22-20-27(32(44)50-30(25-16-12-10-13-17-25)26-18-14-11-15-19-26)41-31(22)38(24(3)43,33(41)45)53-28-21-29(40(23(28)2)34(46)51-36(4,5)6)42(54(39,48)49)35(47)52-37(7,8)9/h10-20,22-24,28-31,43H,21H2,1-9H3,(H2,39,48,49)/t22-,23?,24?,28?,29?,31+,38?/m1/s1. The third-order valence-electron chi connectivity index (χ3n) is 9.52. The predicted molar refractivity (Wildman–Crippen MR) is 202 cm³/mol. The van der Waals surface area contributed by atoms with Crippen molar-refractivity contribution in [3.05, 3.63) is 83.6 Å². The van der Waals surface area contributed by atoms with E-state index < -0.39 is 91.8 Å². The molecule has 5 unspecified atom stereocenters. The number of fused-ring (bicyclic) bond motifs is 1. The van der Waals surface area contributed by atoms with Crippen molar-refractivity contribution in [1.82, 2.24) is 14.1 Å². The number of esters is 1. The SMILES string of the molecule is CC1C(SC2(C(C)O)C(=O)N3C(C(=O)OC(c4ccccc4)c4ccccc4)=C[C@@H](C)[C@H]32)CC(N(C(=O)OC(C)(C)C)S(N)(=O)=O)N1C(=O)OC(C)(C)C. The fourth-order valence-corrected chi connectivity index (χ4v) is 10.0. The largest absolute Gasteiger partial charge is 0.448 e. The van der Waals surface area contributed by atoms with E-state index in [1.165, 1.54) is 11.8 Å². The minimum absolute atomic E-state index is 0.0456. The molecule has 3 N–H and O–H groups in total. The molecule has 7 atom stereocenters. The highest BCUT2D eigenvalue weighted by Gasteiger charge is 2.70. The Hall–Kier alpha value is -4.12. The van der Waals surface area contributed by atoms with Gasteiger partial charge in [-0.3, -0.25) is 14.6 Å². The van der Waals surface area contributed by atoms with Crippen molar-refractivity contribution < 1.29 is 46.9 Å². The van der Waals surface area contributed by atoms with Crippen LogP contribution in [0, 0.1) is 5.92 Å². The minimum atomic E-state index is -4.81. The van der Waals surface area contributed by atoms with Crippen molar-refractivity contribution in [1.29, 1.82) is 0 Å². The summed E-state index contributed by atoms with van der Waals surface area (Å²) in [5.74, 6) is -1.69. The molecule has 0 spiro atoms. The normalized spacial score (nSPS) is 26.1. The molecule has 0 saturated carbocycles. The van der Waals surface area contributed by atoms with E-state index in [2.05, 4.69) is 0 Å². The zero-order valence-electron chi connectivity index (χ0n) is 32.0. The Morgan fingerprint density at radius 1 is 0.944 bits per heavy atom. The molecule has 3 aliphatic rings. The van der Waals surface area contributed by atoms with Crippen LogP contribution in [0.15, 0.2) is 72.4 Å². The number of thioether (sulfide) groups is 1. The number of amides is 3. The van der Waals surface area contributed by atoms with E-state index in [9.17, 15) is 32.7 Å². The van der Waals surface area contributed by atoms with Gasteiger partial charge >= 0.3 is 28.4 Å². The number of carbonyl (C=O) groups is 4. The first-order valence-electron chi connectivity index (χ1n) is 17.8. The molecular formula is C38H50N4O10S2. The average Bonchev–Trinajstić information content (AvgIpc) is 3.54. The van der Waals surface area contributed by atoms with E-state index in [-0.39, 0.29) is 12.1 Å². The van der Waals surface area contributed by atoms with Crippen LogP contribution in [-0.2, 0) is 34.0 Å². The predicted octanol–water partition coefficient (Wildman–Crippen LogP) is 5.08. The minimum Gasteiger partial charge on any atom is -0.448 e. The van der Waals surface area contributed by atoms with Crippen molar-refractivity contribution in [2.75, 3.05) is 0 Å². The Bertz CT molecular complexity index is 1860. The van der Waals surface area contributed by atoms with E-state index in [4.69, 9.17) is 19.3 Å². The summed E-state index contributed by atoms with van der Waals surface area (Å²) in [5, 5.41) is 16.3. The van der Waals surface area contributed by atoms with E-state index >= 15 is 0 Å². The highest BCUT2D eigenvalue weighted by molar-refractivity contribution is 8.02. The lowest BCUT2D eigenvalue weighted by Crippen LogP contribution is -2.76. The molecule has 0 radical (unpaired) electrons. The van der Waals surface area contributed by atoms with Crippen LogP contribution in [-0.4, -0.2) is 97.2 Å². The molecule has 2 fully saturated rings. The molecule has 3 amide bonds. The molecule has 16 heteroatoms. The van der Waals surface area contributed by atoms with E-state index in [0.717, 1.165) is 27.8 Å². The Kier molecular flexibility index (Phi) is 11.3. The molecule has 5 rings (SSSR count). The third kappa shape index (κ3) is 7.97. The molecule has 14 nitrogen and oxygen atoms in total. The van der Waals surface area contributed by atoms with Crippen molar-refractivity contribution in [3.8, 4) is 0 Å². The van der Waals surface area contributed by atoms with Crippen LogP contribution >= 0.6 is 11.8 Å².